The molecule has 4 aromatic rings. The molecule has 0 amide bonds. The van der Waals surface area contributed by atoms with Crippen LogP contribution in [0.15, 0.2) is 46.0 Å². The van der Waals surface area contributed by atoms with Crippen molar-refractivity contribution in [3.8, 4) is 5.75 Å². The molecule has 1 saturated heterocycles. The summed E-state index contributed by atoms with van der Waals surface area (Å²) in [5.74, 6) is 0.651. The number of hydrogen-bond acceptors (Lipinski definition) is 4. The lowest BCUT2D eigenvalue weighted by atomic mass is 9.99. The van der Waals surface area contributed by atoms with Gasteiger partial charge in [-0.25, -0.2) is 0 Å². The van der Waals surface area contributed by atoms with E-state index in [0.29, 0.717) is 17.7 Å². The number of aryl methyl sites for hydroxylation is 2. The minimum absolute atomic E-state index is 0.00620. The number of aromatic nitrogens is 2. The molecule has 0 saturated carbocycles. The number of fused-ring (bicyclic) bond motifs is 4. The first-order valence-corrected chi connectivity index (χ1v) is 11.5. The first kappa shape index (κ1) is 19.6. The molecule has 0 radical (unpaired) electrons. The Morgan fingerprint density at radius 3 is 2.47 bits per heavy atom. The Kier molecular flexibility index (Phi) is 4.40. The topological polar surface area (TPSA) is 56.5 Å². The molecule has 1 atom stereocenters. The summed E-state index contributed by atoms with van der Waals surface area (Å²) in [7, 11) is 1.79. The summed E-state index contributed by atoms with van der Waals surface area (Å²) in [5, 5.41) is 3.60. The maximum absolute atomic E-state index is 13.2. The fraction of sp³-hybridized carbons (Fsp3) is 0.385. The van der Waals surface area contributed by atoms with Crippen LogP contribution in [0.3, 0.4) is 0 Å². The Morgan fingerprint density at radius 1 is 0.938 bits per heavy atom. The molecule has 32 heavy (non-hydrogen) atoms. The standard InChI is InChI=1S/C26H27N3O3/c1-16-12-22(30)29-17(14-28-10-6-3-7-11-28)15-32-25-23-21(13-20(16)24(25)29)18-8-4-5-9-19(18)26(31)27(23)2/h4-5,8-9,12-13,17H,3,6-7,10-11,14-15H2,1-2H3. The molecule has 164 valence electrons. The van der Waals surface area contributed by atoms with Crippen molar-refractivity contribution in [2.24, 2.45) is 7.05 Å². The van der Waals surface area contributed by atoms with E-state index in [1.807, 2.05) is 35.8 Å². The Bertz CT molecular complexity index is 1510. The highest BCUT2D eigenvalue weighted by Gasteiger charge is 2.29. The Balaban J connectivity index is 1.68. The van der Waals surface area contributed by atoms with Gasteiger partial charge in [-0.1, -0.05) is 24.6 Å². The number of nitrogens with zero attached hydrogens (tertiary/aromatic N) is 3. The van der Waals surface area contributed by atoms with E-state index in [0.717, 1.165) is 52.4 Å². The third-order valence-corrected chi connectivity index (χ3v) is 7.26. The maximum atomic E-state index is 13.2. The van der Waals surface area contributed by atoms with E-state index in [1.54, 1.807) is 17.7 Å². The molecule has 6 nitrogen and oxygen atoms in total. The minimum atomic E-state index is -0.0516. The number of ether oxygens (including phenoxy) is 1. The van der Waals surface area contributed by atoms with Gasteiger partial charge in [0.05, 0.1) is 17.1 Å². The molecule has 4 heterocycles. The third kappa shape index (κ3) is 2.75. The van der Waals surface area contributed by atoms with Crippen LogP contribution in [0.1, 0.15) is 30.9 Å². The molecule has 0 N–H and O–H groups in total. The van der Waals surface area contributed by atoms with Crippen molar-refractivity contribution in [1.29, 1.82) is 0 Å². The van der Waals surface area contributed by atoms with Gasteiger partial charge < -0.3 is 14.2 Å². The lowest BCUT2D eigenvalue weighted by Gasteiger charge is -2.35. The van der Waals surface area contributed by atoms with Gasteiger partial charge in [-0.15, -0.1) is 0 Å². The predicted octanol–water partition coefficient (Wildman–Crippen LogP) is 3.73. The molecule has 6 rings (SSSR count). The van der Waals surface area contributed by atoms with Crippen LogP contribution in [0, 0.1) is 6.92 Å². The maximum Gasteiger partial charge on any atom is 0.258 e. The van der Waals surface area contributed by atoms with Crippen LogP contribution in [0.25, 0.3) is 32.6 Å². The SMILES string of the molecule is Cc1cc(=O)n2c3c(c4c(cc13)c1ccccc1c(=O)n4C)OCC2CN1CCCCC1. The second kappa shape index (κ2) is 7.20. The third-order valence-electron chi connectivity index (χ3n) is 7.26. The molecule has 1 unspecified atom stereocenters. The van der Waals surface area contributed by atoms with Crippen molar-refractivity contribution in [1.82, 2.24) is 14.0 Å². The van der Waals surface area contributed by atoms with E-state index < -0.39 is 0 Å². The summed E-state index contributed by atoms with van der Waals surface area (Å²) in [6.07, 6.45) is 3.70. The molecule has 0 bridgehead atoms. The highest BCUT2D eigenvalue weighted by molar-refractivity contribution is 6.14. The van der Waals surface area contributed by atoms with Crippen LogP contribution < -0.4 is 15.9 Å². The number of pyridine rings is 2. The minimum Gasteiger partial charge on any atom is -0.487 e. The molecule has 2 aromatic carbocycles. The van der Waals surface area contributed by atoms with Gasteiger partial charge in [0.2, 0.25) is 0 Å². The second-order valence-corrected chi connectivity index (χ2v) is 9.27. The van der Waals surface area contributed by atoms with Crippen LogP contribution in [-0.2, 0) is 7.05 Å². The summed E-state index contributed by atoms with van der Waals surface area (Å²) in [5.41, 5.74) is 2.47. The number of hydrogen-bond donors (Lipinski definition) is 0. The van der Waals surface area contributed by atoms with Crippen LogP contribution in [0.2, 0.25) is 0 Å². The smallest absolute Gasteiger partial charge is 0.258 e. The molecule has 2 aliphatic heterocycles. The molecular formula is C26H27N3O3. The van der Waals surface area contributed by atoms with Crippen molar-refractivity contribution in [2.75, 3.05) is 26.2 Å². The Hall–Kier alpha value is -3.12. The highest BCUT2D eigenvalue weighted by atomic mass is 16.5. The fourth-order valence-corrected chi connectivity index (χ4v) is 5.67. The monoisotopic (exact) mass is 429 g/mol. The van der Waals surface area contributed by atoms with Gasteiger partial charge in [0.1, 0.15) is 6.61 Å². The van der Waals surface area contributed by atoms with Crippen molar-refractivity contribution in [3.63, 3.8) is 0 Å². The van der Waals surface area contributed by atoms with E-state index in [-0.39, 0.29) is 17.2 Å². The van der Waals surface area contributed by atoms with Gasteiger partial charge in [-0.3, -0.25) is 14.2 Å². The first-order chi connectivity index (χ1) is 15.5. The average molecular weight is 430 g/mol. The van der Waals surface area contributed by atoms with Crippen molar-refractivity contribution >= 4 is 32.6 Å². The normalized spacial score (nSPS) is 19.0. The summed E-state index contributed by atoms with van der Waals surface area (Å²) < 4.78 is 10.0. The number of rotatable bonds is 2. The Labute approximate surface area is 185 Å². The van der Waals surface area contributed by atoms with Crippen molar-refractivity contribution in [2.45, 2.75) is 32.2 Å². The lowest BCUT2D eigenvalue weighted by molar-refractivity contribution is 0.152. The van der Waals surface area contributed by atoms with Crippen molar-refractivity contribution < 1.29 is 4.74 Å². The average Bonchev–Trinajstić information content (AvgIpc) is 2.81. The highest BCUT2D eigenvalue weighted by Crippen LogP contribution is 2.40. The molecule has 6 heteroatoms. The van der Waals surface area contributed by atoms with E-state index in [1.165, 1.54) is 19.3 Å². The molecule has 2 aromatic heterocycles. The fourth-order valence-electron chi connectivity index (χ4n) is 5.67. The second-order valence-electron chi connectivity index (χ2n) is 9.27. The van der Waals surface area contributed by atoms with E-state index in [9.17, 15) is 9.59 Å². The first-order valence-electron chi connectivity index (χ1n) is 11.5. The van der Waals surface area contributed by atoms with Crippen LogP contribution in [-0.4, -0.2) is 40.3 Å². The van der Waals surface area contributed by atoms with E-state index >= 15 is 0 Å². The van der Waals surface area contributed by atoms with Gasteiger partial charge >= 0.3 is 0 Å². The van der Waals surface area contributed by atoms with Gasteiger partial charge in [0.25, 0.3) is 11.1 Å². The van der Waals surface area contributed by atoms with Gasteiger partial charge in [0, 0.05) is 35.8 Å². The summed E-state index contributed by atoms with van der Waals surface area (Å²) in [6.45, 7) is 5.37. The summed E-state index contributed by atoms with van der Waals surface area (Å²) in [4.78, 5) is 28.8. The van der Waals surface area contributed by atoms with Gasteiger partial charge in [-0.05, 0) is 55.9 Å². The lowest BCUT2D eigenvalue weighted by Crippen LogP contribution is -2.42. The quantitative estimate of drug-likeness (QED) is 0.360. The molecule has 1 fully saturated rings. The van der Waals surface area contributed by atoms with Gasteiger partial charge in [0.15, 0.2) is 5.75 Å². The Morgan fingerprint density at radius 2 is 1.69 bits per heavy atom. The largest absolute Gasteiger partial charge is 0.487 e. The number of likely N-dealkylation sites (tertiary alicyclic amines) is 1. The molecular weight excluding hydrogens is 402 g/mol. The summed E-state index contributed by atoms with van der Waals surface area (Å²) >= 11 is 0. The molecule has 0 aliphatic carbocycles. The van der Waals surface area contributed by atoms with E-state index in [2.05, 4.69) is 11.0 Å². The van der Waals surface area contributed by atoms with Crippen LogP contribution >= 0.6 is 0 Å². The van der Waals surface area contributed by atoms with Crippen LogP contribution in [0.5, 0.6) is 5.75 Å². The van der Waals surface area contributed by atoms with Crippen LogP contribution in [0.4, 0.5) is 0 Å². The zero-order valence-corrected chi connectivity index (χ0v) is 18.6. The number of benzene rings is 2. The predicted molar refractivity (Wildman–Crippen MR) is 128 cm³/mol. The zero-order valence-electron chi connectivity index (χ0n) is 18.6. The van der Waals surface area contributed by atoms with Gasteiger partial charge in [-0.2, -0.15) is 0 Å². The molecule has 2 aliphatic rings. The summed E-state index contributed by atoms with van der Waals surface area (Å²) in [6, 6.07) is 11.6. The number of piperidine rings is 1. The van der Waals surface area contributed by atoms with E-state index in [4.69, 9.17) is 4.74 Å². The zero-order chi connectivity index (χ0) is 22.0. The van der Waals surface area contributed by atoms with Crippen molar-refractivity contribution in [3.05, 3.63) is 62.7 Å². The molecule has 0 spiro atoms.